The van der Waals surface area contributed by atoms with Gasteiger partial charge in [-0.2, -0.15) is 0 Å². The summed E-state index contributed by atoms with van der Waals surface area (Å²) in [7, 11) is 0. The summed E-state index contributed by atoms with van der Waals surface area (Å²) in [4.78, 5) is 0. The SMILES string of the molecule is CCCCCC1(O)O[C@](Br)(CO)[C@@H](O)[C@H](O)[C@@H]1O. The minimum atomic E-state index is -1.99. The molecular formula is C11H21BrO6. The Hall–Kier alpha value is 0.240. The summed E-state index contributed by atoms with van der Waals surface area (Å²) in [5.41, 5.74) is 0. The lowest BCUT2D eigenvalue weighted by Gasteiger charge is -2.49. The van der Waals surface area contributed by atoms with Crippen molar-refractivity contribution < 1.29 is 30.3 Å². The number of halogens is 1. The fourth-order valence-electron chi connectivity index (χ4n) is 2.06. The van der Waals surface area contributed by atoms with Crippen LogP contribution in [0.5, 0.6) is 0 Å². The van der Waals surface area contributed by atoms with Gasteiger partial charge in [0.25, 0.3) is 0 Å². The van der Waals surface area contributed by atoms with E-state index in [0.717, 1.165) is 12.8 Å². The second-order valence-electron chi connectivity index (χ2n) is 4.73. The van der Waals surface area contributed by atoms with Crippen molar-refractivity contribution in [2.24, 2.45) is 0 Å². The van der Waals surface area contributed by atoms with Gasteiger partial charge in [0.1, 0.15) is 18.3 Å². The van der Waals surface area contributed by atoms with E-state index in [2.05, 4.69) is 15.9 Å². The summed E-state index contributed by atoms with van der Waals surface area (Å²) in [6, 6.07) is 0. The molecule has 108 valence electrons. The number of unbranched alkanes of at least 4 members (excludes halogenated alkanes) is 2. The van der Waals surface area contributed by atoms with Crippen LogP contribution in [0.25, 0.3) is 0 Å². The van der Waals surface area contributed by atoms with Gasteiger partial charge in [-0.3, -0.25) is 0 Å². The Labute approximate surface area is 114 Å². The maximum absolute atomic E-state index is 10.2. The predicted octanol–water partition coefficient (Wildman–Crippen LogP) is -0.548. The van der Waals surface area contributed by atoms with Crippen molar-refractivity contribution in [2.45, 2.75) is 61.2 Å². The van der Waals surface area contributed by atoms with E-state index < -0.39 is 35.2 Å². The van der Waals surface area contributed by atoms with Crippen LogP contribution in [-0.2, 0) is 4.74 Å². The van der Waals surface area contributed by atoms with E-state index in [1.807, 2.05) is 6.92 Å². The first kappa shape index (κ1) is 16.3. The molecule has 1 fully saturated rings. The van der Waals surface area contributed by atoms with Gasteiger partial charge in [-0.15, -0.1) is 0 Å². The Balaban J connectivity index is 2.84. The molecule has 0 spiro atoms. The maximum Gasteiger partial charge on any atom is 0.196 e. The molecule has 1 aliphatic rings. The highest BCUT2D eigenvalue weighted by Crippen LogP contribution is 2.41. The molecule has 1 rings (SSSR count). The van der Waals surface area contributed by atoms with Gasteiger partial charge < -0.3 is 30.3 Å². The van der Waals surface area contributed by atoms with E-state index >= 15 is 0 Å². The van der Waals surface area contributed by atoms with E-state index in [0.29, 0.717) is 6.42 Å². The van der Waals surface area contributed by atoms with E-state index in [1.54, 1.807) is 0 Å². The standard InChI is InChI=1S/C11H21BrO6/c1-2-3-4-5-11(17)9(16)7(14)8(15)10(12,6-13)18-11/h7-9,13-17H,2-6H2,1H3/t7-,8-,9-,10+,11?/m0/s1. The van der Waals surface area contributed by atoms with Gasteiger partial charge in [-0.1, -0.05) is 19.8 Å². The van der Waals surface area contributed by atoms with Crippen LogP contribution in [0, 0.1) is 0 Å². The van der Waals surface area contributed by atoms with Crippen LogP contribution in [0.1, 0.15) is 32.6 Å². The smallest absolute Gasteiger partial charge is 0.196 e. The Morgan fingerprint density at radius 2 is 1.78 bits per heavy atom. The summed E-state index contributed by atoms with van der Waals surface area (Å²) < 4.78 is 3.54. The van der Waals surface area contributed by atoms with Gasteiger partial charge in [-0.25, -0.2) is 0 Å². The van der Waals surface area contributed by atoms with Crippen molar-refractivity contribution >= 4 is 15.9 Å². The lowest BCUT2D eigenvalue weighted by atomic mass is 9.89. The van der Waals surface area contributed by atoms with Crippen molar-refractivity contribution in [3.63, 3.8) is 0 Å². The Bertz CT molecular complexity index is 278. The molecule has 5 N–H and O–H groups in total. The Morgan fingerprint density at radius 3 is 2.28 bits per heavy atom. The zero-order chi connectivity index (χ0) is 14.0. The van der Waals surface area contributed by atoms with Crippen LogP contribution >= 0.6 is 15.9 Å². The number of hydrogen-bond donors (Lipinski definition) is 5. The third kappa shape index (κ3) is 3.04. The van der Waals surface area contributed by atoms with Crippen molar-refractivity contribution in [2.75, 3.05) is 6.61 Å². The van der Waals surface area contributed by atoms with Gasteiger partial charge in [0.2, 0.25) is 0 Å². The van der Waals surface area contributed by atoms with Gasteiger partial charge >= 0.3 is 0 Å². The third-order valence-corrected chi connectivity index (χ3v) is 4.13. The highest BCUT2D eigenvalue weighted by molar-refractivity contribution is 9.10. The third-order valence-electron chi connectivity index (χ3n) is 3.25. The number of hydrogen-bond acceptors (Lipinski definition) is 6. The van der Waals surface area contributed by atoms with Crippen molar-refractivity contribution in [1.29, 1.82) is 0 Å². The topological polar surface area (TPSA) is 110 Å². The average Bonchev–Trinajstić information content (AvgIpc) is 2.34. The lowest BCUT2D eigenvalue weighted by Crippen LogP contribution is -2.68. The number of rotatable bonds is 5. The number of aliphatic hydroxyl groups is 5. The van der Waals surface area contributed by atoms with Crippen LogP contribution in [0.3, 0.4) is 0 Å². The second kappa shape index (κ2) is 6.13. The Kier molecular flexibility index (Phi) is 5.55. The number of ether oxygens (including phenoxy) is 1. The van der Waals surface area contributed by atoms with Crippen LogP contribution < -0.4 is 0 Å². The summed E-state index contributed by atoms with van der Waals surface area (Å²) in [5, 5.41) is 48.7. The molecule has 18 heavy (non-hydrogen) atoms. The predicted molar refractivity (Wildman–Crippen MR) is 66.9 cm³/mol. The Morgan fingerprint density at radius 1 is 1.17 bits per heavy atom. The molecule has 0 aromatic heterocycles. The van der Waals surface area contributed by atoms with Gasteiger partial charge in [0, 0.05) is 6.42 Å². The molecule has 0 bridgehead atoms. The van der Waals surface area contributed by atoms with Crippen LogP contribution in [0.4, 0.5) is 0 Å². The van der Waals surface area contributed by atoms with Crippen molar-refractivity contribution in [3.8, 4) is 0 Å². The molecule has 1 heterocycles. The zero-order valence-electron chi connectivity index (χ0n) is 10.3. The molecule has 0 amide bonds. The van der Waals surface area contributed by atoms with E-state index in [4.69, 9.17) is 4.74 Å². The van der Waals surface area contributed by atoms with E-state index in [1.165, 1.54) is 0 Å². The quantitative estimate of drug-likeness (QED) is 0.342. The van der Waals surface area contributed by atoms with E-state index in [9.17, 15) is 25.5 Å². The first-order valence-corrected chi connectivity index (χ1v) is 6.86. The first-order chi connectivity index (χ1) is 8.30. The molecule has 0 radical (unpaired) electrons. The summed E-state index contributed by atoms with van der Waals surface area (Å²) in [5.74, 6) is -1.99. The molecular weight excluding hydrogens is 308 g/mol. The van der Waals surface area contributed by atoms with Gasteiger partial charge in [0.15, 0.2) is 10.3 Å². The number of aliphatic hydroxyl groups excluding tert-OH is 4. The molecule has 5 atom stereocenters. The molecule has 0 aliphatic carbocycles. The number of alkyl halides is 1. The van der Waals surface area contributed by atoms with Crippen molar-refractivity contribution in [1.82, 2.24) is 0 Å². The fraction of sp³-hybridized carbons (Fsp3) is 1.00. The summed E-state index contributed by atoms with van der Waals surface area (Å²) in [6.45, 7) is 1.34. The molecule has 0 saturated carbocycles. The molecule has 6 nitrogen and oxygen atoms in total. The molecule has 1 unspecified atom stereocenters. The maximum atomic E-state index is 10.2. The normalized spacial score (nSPS) is 45.2. The minimum absolute atomic E-state index is 0.110. The van der Waals surface area contributed by atoms with Crippen LogP contribution in [0.15, 0.2) is 0 Å². The zero-order valence-corrected chi connectivity index (χ0v) is 11.9. The summed E-state index contributed by atoms with van der Waals surface area (Å²) >= 11 is 2.96. The van der Waals surface area contributed by atoms with Gasteiger partial charge in [-0.05, 0) is 22.4 Å². The monoisotopic (exact) mass is 328 g/mol. The summed E-state index contributed by atoms with van der Waals surface area (Å²) in [6.07, 6.45) is -2.29. The average molecular weight is 329 g/mol. The van der Waals surface area contributed by atoms with E-state index in [-0.39, 0.29) is 6.42 Å². The van der Waals surface area contributed by atoms with Crippen LogP contribution in [0.2, 0.25) is 0 Å². The molecule has 1 aliphatic heterocycles. The lowest BCUT2D eigenvalue weighted by molar-refractivity contribution is -0.359. The largest absolute Gasteiger partial charge is 0.392 e. The minimum Gasteiger partial charge on any atom is -0.392 e. The van der Waals surface area contributed by atoms with Gasteiger partial charge in [0.05, 0.1) is 6.61 Å². The highest BCUT2D eigenvalue weighted by Gasteiger charge is 2.58. The van der Waals surface area contributed by atoms with Crippen LogP contribution in [-0.4, -0.2) is 60.7 Å². The molecule has 1 saturated heterocycles. The fourth-order valence-corrected chi connectivity index (χ4v) is 2.61. The molecule has 7 heteroatoms. The first-order valence-electron chi connectivity index (χ1n) is 6.07. The second-order valence-corrected chi connectivity index (χ2v) is 6.07. The van der Waals surface area contributed by atoms with Crippen molar-refractivity contribution in [3.05, 3.63) is 0 Å². The molecule has 0 aromatic carbocycles. The molecule has 0 aromatic rings. The highest BCUT2D eigenvalue weighted by atomic mass is 79.9.